The maximum absolute atomic E-state index is 11.4. The van der Waals surface area contributed by atoms with Crippen LogP contribution in [-0.2, 0) is 4.74 Å². The van der Waals surface area contributed by atoms with Gasteiger partial charge in [-0.1, -0.05) is 23.7 Å². The quantitative estimate of drug-likeness (QED) is 0.751. The van der Waals surface area contributed by atoms with E-state index in [0.29, 0.717) is 10.6 Å². The minimum Gasteiger partial charge on any atom is -0.463 e. The Bertz CT molecular complexity index is 516. The number of methoxy groups -OCH3 is 1. The van der Waals surface area contributed by atoms with E-state index >= 15 is 0 Å². The maximum Gasteiger partial charge on any atom is 0.374 e. The van der Waals surface area contributed by atoms with E-state index in [1.165, 1.54) is 13.4 Å². The third-order valence-corrected chi connectivity index (χ3v) is 2.41. The standard InChI is InChI=1S/C12H9ClO3/c1-15-12(14)11-10(5-6-16-11)8-3-2-4-9(13)7-8/h2-7H,1H3. The van der Waals surface area contributed by atoms with Crippen LogP contribution in [0.1, 0.15) is 10.6 Å². The molecule has 0 unspecified atom stereocenters. The highest BCUT2D eigenvalue weighted by atomic mass is 35.5. The lowest BCUT2D eigenvalue weighted by atomic mass is 10.1. The normalized spacial score (nSPS) is 10.1. The van der Waals surface area contributed by atoms with Crippen LogP contribution >= 0.6 is 11.6 Å². The van der Waals surface area contributed by atoms with E-state index in [-0.39, 0.29) is 5.76 Å². The molecule has 82 valence electrons. The van der Waals surface area contributed by atoms with E-state index in [0.717, 1.165) is 5.56 Å². The van der Waals surface area contributed by atoms with Crippen molar-refractivity contribution in [2.45, 2.75) is 0 Å². The molecule has 3 nitrogen and oxygen atoms in total. The Labute approximate surface area is 97.6 Å². The molecule has 0 saturated heterocycles. The highest BCUT2D eigenvalue weighted by molar-refractivity contribution is 6.30. The Balaban J connectivity index is 2.48. The van der Waals surface area contributed by atoms with Crippen molar-refractivity contribution in [3.63, 3.8) is 0 Å². The maximum atomic E-state index is 11.4. The van der Waals surface area contributed by atoms with Crippen molar-refractivity contribution in [3.05, 3.63) is 47.4 Å². The van der Waals surface area contributed by atoms with Crippen LogP contribution in [-0.4, -0.2) is 13.1 Å². The Kier molecular flexibility index (Phi) is 2.97. The zero-order valence-corrected chi connectivity index (χ0v) is 9.32. The number of rotatable bonds is 2. The fourth-order valence-corrected chi connectivity index (χ4v) is 1.63. The molecule has 0 radical (unpaired) electrons. The van der Waals surface area contributed by atoms with Crippen LogP contribution in [0.4, 0.5) is 0 Å². The zero-order valence-electron chi connectivity index (χ0n) is 8.57. The summed E-state index contributed by atoms with van der Waals surface area (Å²) < 4.78 is 9.72. The van der Waals surface area contributed by atoms with Gasteiger partial charge in [0.25, 0.3) is 0 Å². The van der Waals surface area contributed by atoms with Crippen molar-refractivity contribution >= 4 is 17.6 Å². The highest BCUT2D eigenvalue weighted by Crippen LogP contribution is 2.27. The van der Waals surface area contributed by atoms with Crippen molar-refractivity contribution in [1.82, 2.24) is 0 Å². The summed E-state index contributed by atoms with van der Waals surface area (Å²) in [5.74, 6) is -0.315. The summed E-state index contributed by atoms with van der Waals surface area (Å²) in [5, 5.41) is 0.606. The van der Waals surface area contributed by atoms with E-state index in [4.69, 9.17) is 16.0 Å². The Hall–Kier alpha value is -1.74. The summed E-state index contributed by atoms with van der Waals surface area (Å²) in [5.41, 5.74) is 1.50. The summed E-state index contributed by atoms with van der Waals surface area (Å²) in [6, 6.07) is 8.90. The molecule has 0 spiro atoms. The van der Waals surface area contributed by atoms with Gasteiger partial charge >= 0.3 is 5.97 Å². The number of carbonyl (C=O) groups is 1. The lowest BCUT2D eigenvalue weighted by Crippen LogP contribution is -2.00. The summed E-state index contributed by atoms with van der Waals surface area (Å²) in [7, 11) is 1.31. The smallest absolute Gasteiger partial charge is 0.374 e. The predicted molar refractivity (Wildman–Crippen MR) is 60.5 cm³/mol. The number of halogens is 1. The molecule has 0 aliphatic carbocycles. The van der Waals surface area contributed by atoms with Gasteiger partial charge in [-0.05, 0) is 23.8 Å². The number of benzene rings is 1. The Morgan fingerprint density at radius 2 is 2.19 bits per heavy atom. The van der Waals surface area contributed by atoms with Crippen molar-refractivity contribution in [2.75, 3.05) is 7.11 Å². The van der Waals surface area contributed by atoms with Crippen LogP contribution in [0.15, 0.2) is 41.0 Å². The number of hydrogen-bond acceptors (Lipinski definition) is 3. The highest BCUT2D eigenvalue weighted by Gasteiger charge is 2.16. The third-order valence-electron chi connectivity index (χ3n) is 2.17. The van der Waals surface area contributed by atoms with Crippen LogP contribution in [0.25, 0.3) is 11.1 Å². The average Bonchev–Trinajstić information content (AvgIpc) is 2.77. The first-order valence-electron chi connectivity index (χ1n) is 4.64. The van der Waals surface area contributed by atoms with Gasteiger partial charge in [-0.3, -0.25) is 0 Å². The van der Waals surface area contributed by atoms with Gasteiger partial charge in [0.15, 0.2) is 0 Å². The average molecular weight is 237 g/mol. The summed E-state index contributed by atoms with van der Waals surface area (Å²) in [4.78, 5) is 11.4. The molecular weight excluding hydrogens is 228 g/mol. The second kappa shape index (κ2) is 4.41. The number of carbonyl (C=O) groups excluding carboxylic acids is 1. The van der Waals surface area contributed by atoms with E-state index < -0.39 is 5.97 Å². The molecule has 0 fully saturated rings. The van der Waals surface area contributed by atoms with E-state index in [1.54, 1.807) is 18.2 Å². The van der Waals surface area contributed by atoms with E-state index in [1.807, 2.05) is 12.1 Å². The largest absolute Gasteiger partial charge is 0.463 e. The Morgan fingerprint density at radius 3 is 2.88 bits per heavy atom. The molecule has 1 aromatic carbocycles. The Morgan fingerprint density at radius 1 is 1.38 bits per heavy atom. The molecule has 16 heavy (non-hydrogen) atoms. The lowest BCUT2D eigenvalue weighted by molar-refractivity contribution is 0.0566. The zero-order chi connectivity index (χ0) is 11.5. The first kappa shape index (κ1) is 10.8. The van der Waals surface area contributed by atoms with Crippen LogP contribution in [0.3, 0.4) is 0 Å². The molecular formula is C12H9ClO3. The van der Waals surface area contributed by atoms with Gasteiger partial charge in [-0.25, -0.2) is 4.79 Å². The molecule has 0 bridgehead atoms. The van der Waals surface area contributed by atoms with Gasteiger partial charge in [0.1, 0.15) is 0 Å². The number of furan rings is 1. The monoisotopic (exact) mass is 236 g/mol. The van der Waals surface area contributed by atoms with Gasteiger partial charge in [-0.15, -0.1) is 0 Å². The van der Waals surface area contributed by atoms with Gasteiger partial charge < -0.3 is 9.15 Å². The first-order valence-corrected chi connectivity index (χ1v) is 5.02. The van der Waals surface area contributed by atoms with Crippen molar-refractivity contribution < 1.29 is 13.9 Å². The van der Waals surface area contributed by atoms with Crippen molar-refractivity contribution in [1.29, 1.82) is 0 Å². The second-order valence-electron chi connectivity index (χ2n) is 3.17. The first-order chi connectivity index (χ1) is 7.72. The second-order valence-corrected chi connectivity index (χ2v) is 3.60. The van der Waals surface area contributed by atoms with Crippen LogP contribution < -0.4 is 0 Å². The predicted octanol–water partition coefficient (Wildman–Crippen LogP) is 3.39. The molecule has 0 aliphatic heterocycles. The summed E-state index contributed by atoms with van der Waals surface area (Å²) in [6.45, 7) is 0. The molecule has 2 rings (SSSR count). The summed E-state index contributed by atoms with van der Waals surface area (Å²) >= 11 is 5.88. The van der Waals surface area contributed by atoms with E-state index in [2.05, 4.69) is 4.74 Å². The molecule has 0 aliphatic rings. The van der Waals surface area contributed by atoms with Gasteiger partial charge in [0, 0.05) is 10.6 Å². The summed E-state index contributed by atoms with van der Waals surface area (Å²) in [6.07, 6.45) is 1.45. The van der Waals surface area contributed by atoms with Crippen LogP contribution in [0, 0.1) is 0 Å². The third kappa shape index (κ3) is 1.95. The van der Waals surface area contributed by atoms with Crippen molar-refractivity contribution in [3.8, 4) is 11.1 Å². The number of hydrogen-bond donors (Lipinski definition) is 0. The van der Waals surface area contributed by atoms with Crippen LogP contribution in [0.2, 0.25) is 5.02 Å². The molecule has 0 N–H and O–H groups in total. The molecule has 2 aromatic rings. The molecule has 0 amide bonds. The lowest BCUT2D eigenvalue weighted by Gasteiger charge is -2.01. The number of ether oxygens (including phenoxy) is 1. The van der Waals surface area contributed by atoms with Crippen molar-refractivity contribution in [2.24, 2.45) is 0 Å². The van der Waals surface area contributed by atoms with E-state index in [9.17, 15) is 4.79 Å². The SMILES string of the molecule is COC(=O)c1occc1-c1cccc(Cl)c1. The fraction of sp³-hybridized carbons (Fsp3) is 0.0833. The minimum atomic E-state index is -0.500. The molecule has 0 atom stereocenters. The fourth-order valence-electron chi connectivity index (χ4n) is 1.44. The molecule has 0 saturated carbocycles. The molecule has 1 aromatic heterocycles. The minimum absolute atomic E-state index is 0.185. The van der Waals surface area contributed by atoms with Crippen LogP contribution in [0.5, 0.6) is 0 Å². The topological polar surface area (TPSA) is 39.4 Å². The van der Waals surface area contributed by atoms with Gasteiger partial charge in [0.05, 0.1) is 13.4 Å². The van der Waals surface area contributed by atoms with Gasteiger partial charge in [0.2, 0.25) is 5.76 Å². The molecule has 4 heteroatoms. The number of esters is 1. The molecule has 1 heterocycles. The van der Waals surface area contributed by atoms with Gasteiger partial charge in [-0.2, -0.15) is 0 Å².